The lowest BCUT2D eigenvalue weighted by molar-refractivity contribution is 0.0236. The highest BCUT2D eigenvalue weighted by molar-refractivity contribution is 5.75. The van der Waals surface area contributed by atoms with Gasteiger partial charge in [0, 0.05) is 5.92 Å². The molecule has 4 atom stereocenters. The van der Waals surface area contributed by atoms with E-state index in [2.05, 4.69) is 12.1 Å². The minimum Gasteiger partial charge on any atom is -0.388 e. The molecule has 23 heavy (non-hydrogen) atoms. The van der Waals surface area contributed by atoms with E-state index in [0.29, 0.717) is 5.92 Å². The van der Waals surface area contributed by atoms with Crippen LogP contribution in [0, 0.1) is 11.8 Å². The zero-order chi connectivity index (χ0) is 15.8. The first-order valence-electron chi connectivity index (χ1n) is 8.47. The number of aliphatic hydroxyl groups is 2. The van der Waals surface area contributed by atoms with Crippen LogP contribution >= 0.6 is 0 Å². The largest absolute Gasteiger partial charge is 0.388 e. The van der Waals surface area contributed by atoms with Crippen molar-refractivity contribution in [1.82, 2.24) is 0 Å². The van der Waals surface area contributed by atoms with Crippen molar-refractivity contribution < 1.29 is 10.2 Å². The zero-order valence-corrected chi connectivity index (χ0v) is 13.1. The number of benzene rings is 2. The average Bonchev–Trinajstić information content (AvgIpc) is 3.15. The van der Waals surface area contributed by atoms with Crippen LogP contribution in [-0.4, -0.2) is 16.3 Å². The Morgan fingerprint density at radius 2 is 1.57 bits per heavy atom. The van der Waals surface area contributed by atoms with E-state index in [-0.39, 0.29) is 5.92 Å². The summed E-state index contributed by atoms with van der Waals surface area (Å²) >= 11 is 0. The summed E-state index contributed by atoms with van der Waals surface area (Å²) in [5, 5.41) is 21.9. The molecular formula is C21H22O2. The van der Waals surface area contributed by atoms with Crippen LogP contribution in [0.4, 0.5) is 0 Å². The summed E-state index contributed by atoms with van der Waals surface area (Å²) in [5.41, 5.74) is 4.43. The molecule has 118 valence electrons. The lowest BCUT2D eigenvalue weighted by atomic mass is 9.83. The second-order valence-corrected chi connectivity index (χ2v) is 6.68. The molecule has 0 aromatic heterocycles. The summed E-state index contributed by atoms with van der Waals surface area (Å²) in [6.07, 6.45) is 2.06. The molecule has 4 rings (SSSR count). The molecule has 2 aromatic carbocycles. The minimum absolute atomic E-state index is 0.134. The van der Waals surface area contributed by atoms with E-state index < -0.39 is 12.2 Å². The molecule has 0 saturated heterocycles. The van der Waals surface area contributed by atoms with E-state index in [4.69, 9.17) is 0 Å². The standard InChI is InChI=1S/C21H22O2/c22-20(15-10-5-2-6-11-15)19-17-13-7-12-16(17)18(21(19)23)14-8-3-1-4-9-14/h1-6,8-11,17,19-23H,7,12-13H2/t17-,19-,20+,21-/m0/s1. The van der Waals surface area contributed by atoms with Crippen LogP contribution in [0.1, 0.15) is 36.5 Å². The first-order valence-corrected chi connectivity index (χ1v) is 8.47. The minimum atomic E-state index is -0.620. The third-order valence-electron chi connectivity index (χ3n) is 5.47. The Bertz CT molecular complexity index is 705. The fraction of sp³-hybridized carbons (Fsp3) is 0.333. The van der Waals surface area contributed by atoms with Crippen LogP contribution in [-0.2, 0) is 0 Å². The number of aliphatic hydroxyl groups excluding tert-OH is 2. The molecule has 0 spiro atoms. The highest BCUT2D eigenvalue weighted by atomic mass is 16.3. The monoisotopic (exact) mass is 306 g/mol. The summed E-state index contributed by atoms with van der Waals surface area (Å²) in [7, 11) is 0. The van der Waals surface area contributed by atoms with Crippen LogP contribution in [0.3, 0.4) is 0 Å². The van der Waals surface area contributed by atoms with Gasteiger partial charge in [0.2, 0.25) is 0 Å². The third kappa shape index (κ3) is 2.43. The van der Waals surface area contributed by atoms with Gasteiger partial charge in [-0.05, 0) is 41.9 Å². The second kappa shape index (κ2) is 5.95. The molecule has 1 fully saturated rings. The summed E-state index contributed by atoms with van der Waals surface area (Å²) < 4.78 is 0. The molecule has 2 aliphatic carbocycles. The molecule has 1 saturated carbocycles. The average molecular weight is 306 g/mol. The van der Waals surface area contributed by atoms with Crippen molar-refractivity contribution >= 4 is 5.57 Å². The Labute approximate surface area is 137 Å². The molecule has 0 radical (unpaired) electrons. The lowest BCUT2D eigenvalue weighted by Crippen LogP contribution is -2.28. The summed E-state index contributed by atoms with van der Waals surface area (Å²) in [6.45, 7) is 0. The Kier molecular flexibility index (Phi) is 3.80. The van der Waals surface area contributed by atoms with E-state index in [1.807, 2.05) is 48.5 Å². The Morgan fingerprint density at radius 3 is 2.26 bits per heavy atom. The van der Waals surface area contributed by atoms with Gasteiger partial charge in [0.15, 0.2) is 0 Å². The van der Waals surface area contributed by atoms with Gasteiger partial charge in [0.25, 0.3) is 0 Å². The predicted octanol–water partition coefficient (Wildman–Crippen LogP) is 3.96. The first-order chi connectivity index (χ1) is 11.3. The maximum atomic E-state index is 11.0. The normalized spacial score (nSPS) is 28.0. The highest BCUT2D eigenvalue weighted by Gasteiger charge is 2.47. The molecule has 2 aliphatic rings. The first kappa shape index (κ1) is 14.7. The molecule has 0 heterocycles. The SMILES string of the molecule is O[C@H](c1ccccc1)[C@H]1[C@@H](O)C(c2ccccc2)=C2CCC[C@@H]21. The van der Waals surface area contributed by atoms with Crippen LogP contribution < -0.4 is 0 Å². The highest BCUT2D eigenvalue weighted by Crippen LogP contribution is 2.54. The summed E-state index contributed by atoms with van der Waals surface area (Å²) in [5.74, 6) is 0.167. The maximum absolute atomic E-state index is 11.0. The smallest absolute Gasteiger partial charge is 0.0857 e. The van der Waals surface area contributed by atoms with Crippen LogP contribution in [0.2, 0.25) is 0 Å². The molecule has 2 heteroatoms. The third-order valence-corrected chi connectivity index (χ3v) is 5.47. The van der Waals surface area contributed by atoms with Crippen molar-refractivity contribution in [1.29, 1.82) is 0 Å². The topological polar surface area (TPSA) is 40.5 Å². The van der Waals surface area contributed by atoms with Crippen LogP contribution in [0.5, 0.6) is 0 Å². The van der Waals surface area contributed by atoms with Gasteiger partial charge >= 0.3 is 0 Å². The molecular weight excluding hydrogens is 284 g/mol. The van der Waals surface area contributed by atoms with E-state index in [0.717, 1.165) is 36.0 Å². The van der Waals surface area contributed by atoms with Gasteiger partial charge in [0.1, 0.15) is 0 Å². The van der Waals surface area contributed by atoms with Crippen molar-refractivity contribution in [2.75, 3.05) is 0 Å². The Morgan fingerprint density at radius 1 is 0.913 bits per heavy atom. The summed E-state index contributed by atoms with van der Waals surface area (Å²) in [6, 6.07) is 19.9. The van der Waals surface area contributed by atoms with Gasteiger partial charge in [0.05, 0.1) is 12.2 Å². The summed E-state index contributed by atoms with van der Waals surface area (Å²) in [4.78, 5) is 0. The van der Waals surface area contributed by atoms with Crippen molar-refractivity contribution in [2.45, 2.75) is 31.5 Å². The van der Waals surface area contributed by atoms with E-state index in [9.17, 15) is 10.2 Å². The molecule has 2 nitrogen and oxygen atoms in total. The van der Waals surface area contributed by atoms with Gasteiger partial charge in [-0.25, -0.2) is 0 Å². The number of hydrogen-bond acceptors (Lipinski definition) is 2. The molecule has 0 amide bonds. The van der Waals surface area contributed by atoms with E-state index >= 15 is 0 Å². The molecule has 0 aliphatic heterocycles. The van der Waals surface area contributed by atoms with Crippen LogP contribution in [0.15, 0.2) is 66.2 Å². The molecule has 2 N–H and O–H groups in total. The quantitative estimate of drug-likeness (QED) is 0.901. The van der Waals surface area contributed by atoms with Gasteiger partial charge in [-0.3, -0.25) is 0 Å². The van der Waals surface area contributed by atoms with Gasteiger partial charge in [-0.15, -0.1) is 0 Å². The van der Waals surface area contributed by atoms with Crippen molar-refractivity contribution in [2.24, 2.45) is 11.8 Å². The number of rotatable bonds is 3. The van der Waals surface area contributed by atoms with E-state index in [1.54, 1.807) is 0 Å². The van der Waals surface area contributed by atoms with Crippen molar-refractivity contribution in [3.05, 3.63) is 77.4 Å². The van der Waals surface area contributed by atoms with Crippen LogP contribution in [0.25, 0.3) is 5.57 Å². The second-order valence-electron chi connectivity index (χ2n) is 6.68. The molecule has 0 unspecified atom stereocenters. The molecule has 0 bridgehead atoms. The van der Waals surface area contributed by atoms with Crippen molar-refractivity contribution in [3.8, 4) is 0 Å². The zero-order valence-electron chi connectivity index (χ0n) is 13.1. The Balaban J connectivity index is 1.72. The molecule has 2 aromatic rings. The van der Waals surface area contributed by atoms with E-state index in [1.165, 1.54) is 5.57 Å². The number of fused-ring (bicyclic) bond motifs is 1. The Hall–Kier alpha value is -1.90. The number of hydrogen-bond donors (Lipinski definition) is 2. The fourth-order valence-corrected chi connectivity index (χ4v) is 4.47. The van der Waals surface area contributed by atoms with Crippen molar-refractivity contribution in [3.63, 3.8) is 0 Å². The number of allylic oxidation sites excluding steroid dienone is 1. The lowest BCUT2D eigenvalue weighted by Gasteiger charge is -2.28. The van der Waals surface area contributed by atoms with Gasteiger partial charge in [-0.1, -0.05) is 66.2 Å². The predicted molar refractivity (Wildman–Crippen MR) is 91.6 cm³/mol. The van der Waals surface area contributed by atoms with Gasteiger partial charge in [-0.2, -0.15) is 0 Å². The fourth-order valence-electron chi connectivity index (χ4n) is 4.47. The van der Waals surface area contributed by atoms with Gasteiger partial charge < -0.3 is 10.2 Å². The maximum Gasteiger partial charge on any atom is 0.0857 e.